The van der Waals surface area contributed by atoms with Crippen molar-refractivity contribution < 1.29 is 28.0 Å². The molecule has 1 amide bonds. The van der Waals surface area contributed by atoms with Crippen LogP contribution in [0.3, 0.4) is 0 Å². The fourth-order valence-corrected chi connectivity index (χ4v) is 5.49. The zero-order valence-corrected chi connectivity index (χ0v) is 26.4. The highest BCUT2D eigenvalue weighted by molar-refractivity contribution is 7.47. The fourth-order valence-electron chi connectivity index (χ4n) is 4.73. The minimum Gasteiger partial charge on any atom is -0.556 e. The van der Waals surface area contributed by atoms with E-state index in [0.717, 1.165) is 37.8 Å². The van der Waals surface area contributed by atoms with Crippen molar-refractivity contribution in [3.8, 4) is 0 Å². The van der Waals surface area contributed by atoms with Crippen LogP contribution in [-0.4, -0.2) is 37.9 Å². The number of nitrogens with one attached hydrogen (secondary N) is 2. The molecule has 0 bridgehead atoms. The number of hydrogen-bond donors (Lipinski definition) is 3. The molecule has 1 aromatic carbocycles. The molecule has 10 heteroatoms. The van der Waals surface area contributed by atoms with E-state index in [-0.39, 0.29) is 19.1 Å². The Morgan fingerprint density at radius 1 is 0.829 bits per heavy atom. The Hall–Kier alpha value is -1.67. The van der Waals surface area contributed by atoms with E-state index < -0.39 is 7.82 Å². The summed E-state index contributed by atoms with van der Waals surface area (Å²) in [5.41, 5.74) is 2.17. The smallest absolute Gasteiger partial charge is 0.472 e. The van der Waals surface area contributed by atoms with Crippen LogP contribution in [-0.2, 0) is 29.5 Å². The molecule has 1 atom stereocenters. The number of aryl methyl sites for hydroxylation is 1. The molecule has 3 N–H and O–H groups in total. The number of phosphoric ester groups is 1. The molecular weight excluding hydrogens is 538 g/mol. The first-order valence-electron chi connectivity index (χ1n) is 15.9. The van der Waals surface area contributed by atoms with Gasteiger partial charge in [-0.3, -0.25) is 19.3 Å². The van der Waals surface area contributed by atoms with Crippen LogP contribution in [0, 0.1) is 5.41 Å². The molecule has 0 aromatic heterocycles. The van der Waals surface area contributed by atoms with Crippen LogP contribution in [0.15, 0.2) is 24.3 Å². The van der Waals surface area contributed by atoms with Crippen LogP contribution in [0.5, 0.6) is 0 Å². The first-order chi connectivity index (χ1) is 20.0. The molecule has 0 fully saturated rings. The van der Waals surface area contributed by atoms with Gasteiger partial charge >= 0.3 is 15.3 Å². The second-order valence-corrected chi connectivity index (χ2v) is 12.1. The molecule has 0 saturated heterocycles. The lowest BCUT2D eigenvalue weighted by molar-refractivity contribution is -0.116. The molecular formula is C31H55BN2O6P. The topological polar surface area (TPSA) is 118 Å². The van der Waals surface area contributed by atoms with Crippen molar-refractivity contribution in [2.24, 2.45) is 0 Å². The van der Waals surface area contributed by atoms with Crippen LogP contribution in [0.1, 0.15) is 128 Å². The summed E-state index contributed by atoms with van der Waals surface area (Å²) in [5, 5.41) is 9.71. The highest BCUT2D eigenvalue weighted by atomic mass is 31.2. The Labute approximate surface area is 250 Å². The van der Waals surface area contributed by atoms with Crippen molar-refractivity contribution in [3.63, 3.8) is 0 Å². The van der Waals surface area contributed by atoms with Gasteiger partial charge in [-0.2, -0.15) is 0 Å². The first-order valence-corrected chi connectivity index (χ1v) is 17.4. The standard InChI is InChI=1S/C31H55BN2O6P/c1-2-39-41(36,37)40-27-18-16-14-12-10-8-6-4-3-5-7-9-11-13-15-17-20-29-22-24-30(25-23-29)34-31(35)21-19-26-32-38-28-33/h22-25,28,33H,2-21,26-27H2,1H3,(H,34,35)(H,36,37). The van der Waals surface area contributed by atoms with Crippen molar-refractivity contribution in [2.75, 3.05) is 18.5 Å². The number of carbonyl (C=O) groups is 1. The Kier molecular flexibility index (Phi) is 23.7. The van der Waals surface area contributed by atoms with Crippen LogP contribution in [0.25, 0.3) is 0 Å². The Bertz CT molecular complexity index is 827. The highest BCUT2D eigenvalue weighted by Gasteiger charge is 2.18. The number of benzene rings is 1. The predicted octanol–water partition coefficient (Wildman–Crippen LogP) is 9.00. The number of amides is 1. The maximum Gasteiger partial charge on any atom is 0.472 e. The Morgan fingerprint density at radius 2 is 1.34 bits per heavy atom. The lowest BCUT2D eigenvalue weighted by Gasteiger charge is -2.10. The molecule has 0 spiro atoms. The van der Waals surface area contributed by atoms with E-state index in [1.165, 1.54) is 96.5 Å². The van der Waals surface area contributed by atoms with Crippen LogP contribution < -0.4 is 5.32 Å². The largest absolute Gasteiger partial charge is 0.556 e. The van der Waals surface area contributed by atoms with Gasteiger partial charge in [0.1, 0.15) is 6.40 Å². The van der Waals surface area contributed by atoms with Gasteiger partial charge in [-0.25, -0.2) is 4.57 Å². The lowest BCUT2D eigenvalue weighted by atomic mass is 9.92. The summed E-state index contributed by atoms with van der Waals surface area (Å²) in [6, 6.07) is 8.20. The average Bonchev–Trinajstić information content (AvgIpc) is 2.95. The van der Waals surface area contributed by atoms with E-state index in [4.69, 9.17) is 14.6 Å². The summed E-state index contributed by atoms with van der Waals surface area (Å²) >= 11 is 0. The number of rotatable bonds is 29. The quantitative estimate of drug-likeness (QED) is 0.0281. The summed E-state index contributed by atoms with van der Waals surface area (Å²) in [4.78, 5) is 21.3. The summed E-state index contributed by atoms with van der Waals surface area (Å²) in [6.07, 6.45) is 23.8. The lowest BCUT2D eigenvalue weighted by Crippen LogP contribution is -2.11. The van der Waals surface area contributed by atoms with Gasteiger partial charge in [-0.15, -0.1) is 0 Å². The van der Waals surface area contributed by atoms with Gasteiger partial charge < -0.3 is 14.9 Å². The first kappa shape index (κ1) is 37.4. The molecule has 1 unspecified atom stereocenters. The van der Waals surface area contributed by atoms with E-state index in [2.05, 4.69) is 22.0 Å². The second kappa shape index (κ2) is 26.0. The normalized spacial score (nSPS) is 12.5. The Balaban J connectivity index is 1.85. The molecule has 0 aliphatic carbocycles. The van der Waals surface area contributed by atoms with E-state index >= 15 is 0 Å². The third-order valence-corrected chi connectivity index (χ3v) is 8.13. The van der Waals surface area contributed by atoms with Crippen LogP contribution in [0.4, 0.5) is 5.69 Å². The number of anilines is 1. The molecule has 0 aliphatic heterocycles. The van der Waals surface area contributed by atoms with Gasteiger partial charge in [0, 0.05) is 12.1 Å². The van der Waals surface area contributed by atoms with Crippen molar-refractivity contribution in [3.05, 3.63) is 29.8 Å². The van der Waals surface area contributed by atoms with Gasteiger partial charge in [0.2, 0.25) is 5.91 Å². The number of phosphoric acid groups is 1. The SMILES string of the molecule is CCOP(=O)(O)OCCCCCCCCCCCCCCCCCCc1ccc(NC(=O)CCC[B]OC=N)cc1. The number of hydrogen-bond acceptors (Lipinski definition) is 6. The van der Waals surface area contributed by atoms with Crippen LogP contribution in [0.2, 0.25) is 6.32 Å². The molecule has 1 aromatic rings. The van der Waals surface area contributed by atoms with Gasteiger partial charge in [0.15, 0.2) is 0 Å². The van der Waals surface area contributed by atoms with Crippen molar-refractivity contribution in [1.82, 2.24) is 0 Å². The maximum atomic E-state index is 12.0. The van der Waals surface area contributed by atoms with Gasteiger partial charge in [-0.05, 0) is 56.6 Å². The van der Waals surface area contributed by atoms with E-state index in [1.807, 2.05) is 12.1 Å². The summed E-state index contributed by atoms with van der Waals surface area (Å²) in [6.45, 7) is 2.15. The molecule has 0 aliphatic rings. The summed E-state index contributed by atoms with van der Waals surface area (Å²) in [7, 11) is -2.28. The van der Waals surface area contributed by atoms with Crippen molar-refractivity contribution in [2.45, 2.75) is 135 Å². The summed E-state index contributed by atoms with van der Waals surface area (Å²) in [5.74, 6) is 0.00529. The zero-order valence-electron chi connectivity index (χ0n) is 25.5. The summed E-state index contributed by atoms with van der Waals surface area (Å²) < 4.78 is 25.7. The van der Waals surface area contributed by atoms with Gasteiger partial charge in [0.05, 0.1) is 13.2 Å². The third kappa shape index (κ3) is 23.6. The van der Waals surface area contributed by atoms with E-state index in [0.29, 0.717) is 19.2 Å². The van der Waals surface area contributed by atoms with Crippen LogP contribution >= 0.6 is 7.82 Å². The number of carbonyl (C=O) groups excluding carboxylic acids is 1. The predicted molar refractivity (Wildman–Crippen MR) is 170 cm³/mol. The molecule has 8 nitrogen and oxygen atoms in total. The number of unbranched alkanes of at least 4 members (excludes halogenated alkanes) is 15. The van der Waals surface area contributed by atoms with Crippen molar-refractivity contribution in [1.29, 1.82) is 5.41 Å². The van der Waals surface area contributed by atoms with E-state index in [9.17, 15) is 14.3 Å². The second-order valence-electron chi connectivity index (χ2n) is 10.7. The Morgan fingerprint density at radius 3 is 1.85 bits per heavy atom. The zero-order chi connectivity index (χ0) is 29.9. The molecule has 0 heterocycles. The average molecular weight is 594 g/mol. The monoisotopic (exact) mass is 593 g/mol. The molecule has 0 saturated carbocycles. The van der Waals surface area contributed by atoms with E-state index in [1.54, 1.807) is 6.92 Å². The minimum atomic E-state index is -3.82. The van der Waals surface area contributed by atoms with Gasteiger partial charge in [-0.1, -0.05) is 102 Å². The van der Waals surface area contributed by atoms with Gasteiger partial charge in [0.25, 0.3) is 0 Å². The molecule has 1 radical (unpaired) electrons. The third-order valence-electron chi connectivity index (χ3n) is 7.03. The fraction of sp³-hybridized carbons (Fsp3) is 0.742. The molecule has 1 rings (SSSR count). The van der Waals surface area contributed by atoms with Crippen molar-refractivity contribution >= 4 is 33.3 Å². The molecule has 233 valence electrons. The maximum absolute atomic E-state index is 12.0. The minimum absolute atomic E-state index is 0.00529. The highest BCUT2D eigenvalue weighted by Crippen LogP contribution is 2.42. The molecule has 41 heavy (non-hydrogen) atoms.